The largest absolute Gasteiger partial charge is 0.369 e. The van der Waals surface area contributed by atoms with Gasteiger partial charge in [0, 0.05) is 31.2 Å². The summed E-state index contributed by atoms with van der Waals surface area (Å²) >= 11 is 0. The van der Waals surface area contributed by atoms with Gasteiger partial charge in [-0.05, 0) is 24.8 Å². The van der Waals surface area contributed by atoms with Crippen molar-refractivity contribution in [3.63, 3.8) is 0 Å². The Kier molecular flexibility index (Phi) is 4.21. The van der Waals surface area contributed by atoms with E-state index in [1.807, 2.05) is 6.07 Å². The SMILES string of the molecule is CS(=O)(=O)N1CCC(CNc2ncnc3cnccc23)CC1. The predicted octanol–water partition coefficient (Wildman–Crippen LogP) is 1.11. The Bertz CT molecular complexity index is 751. The van der Waals surface area contributed by atoms with Gasteiger partial charge in [0.05, 0.1) is 18.0 Å². The molecule has 118 valence electrons. The van der Waals surface area contributed by atoms with E-state index in [2.05, 4.69) is 20.3 Å². The Morgan fingerprint density at radius 1 is 1.32 bits per heavy atom. The number of nitrogens with zero attached hydrogens (tertiary/aromatic N) is 4. The highest BCUT2D eigenvalue weighted by molar-refractivity contribution is 7.88. The maximum atomic E-state index is 11.5. The monoisotopic (exact) mass is 321 g/mol. The van der Waals surface area contributed by atoms with E-state index in [4.69, 9.17) is 0 Å². The standard InChI is InChI=1S/C14H19N5O2S/c1-22(20,21)19-6-3-11(4-7-19)8-16-14-12-2-5-15-9-13(12)17-10-18-14/h2,5,9-11H,3-4,6-8H2,1H3,(H,16,17,18). The summed E-state index contributed by atoms with van der Waals surface area (Å²) in [5.74, 6) is 1.25. The fourth-order valence-electron chi connectivity index (χ4n) is 2.73. The van der Waals surface area contributed by atoms with E-state index in [0.29, 0.717) is 19.0 Å². The van der Waals surface area contributed by atoms with Gasteiger partial charge in [0.1, 0.15) is 12.1 Å². The Balaban J connectivity index is 1.61. The third-order valence-electron chi connectivity index (χ3n) is 4.04. The first kappa shape index (κ1) is 15.1. The van der Waals surface area contributed by atoms with Gasteiger partial charge in [-0.2, -0.15) is 0 Å². The molecule has 8 heteroatoms. The number of anilines is 1. The zero-order valence-corrected chi connectivity index (χ0v) is 13.3. The second kappa shape index (κ2) is 6.13. The van der Waals surface area contributed by atoms with Crippen molar-refractivity contribution >= 4 is 26.7 Å². The molecule has 1 fully saturated rings. The van der Waals surface area contributed by atoms with Crippen molar-refractivity contribution in [3.05, 3.63) is 24.8 Å². The minimum atomic E-state index is -3.06. The Hall–Kier alpha value is -1.80. The summed E-state index contributed by atoms with van der Waals surface area (Å²) in [6.07, 6.45) is 7.97. The van der Waals surface area contributed by atoms with Crippen molar-refractivity contribution in [2.45, 2.75) is 12.8 Å². The fourth-order valence-corrected chi connectivity index (χ4v) is 3.61. The fraction of sp³-hybridized carbons (Fsp3) is 0.500. The molecule has 22 heavy (non-hydrogen) atoms. The van der Waals surface area contributed by atoms with E-state index in [0.717, 1.165) is 36.1 Å². The van der Waals surface area contributed by atoms with Gasteiger partial charge in [-0.15, -0.1) is 0 Å². The third kappa shape index (κ3) is 3.33. The number of nitrogens with one attached hydrogen (secondary N) is 1. The average Bonchev–Trinajstić information content (AvgIpc) is 2.52. The number of sulfonamides is 1. The molecule has 7 nitrogen and oxygen atoms in total. The molecule has 0 atom stereocenters. The number of fused-ring (bicyclic) bond motifs is 1. The van der Waals surface area contributed by atoms with E-state index in [9.17, 15) is 8.42 Å². The summed E-state index contributed by atoms with van der Waals surface area (Å²) in [6.45, 7) is 1.98. The molecule has 0 aliphatic carbocycles. The molecule has 0 saturated carbocycles. The summed E-state index contributed by atoms with van der Waals surface area (Å²) in [6, 6.07) is 1.89. The van der Waals surface area contributed by atoms with Crippen LogP contribution in [0.25, 0.3) is 10.9 Å². The van der Waals surface area contributed by atoms with Crippen molar-refractivity contribution in [1.82, 2.24) is 19.3 Å². The van der Waals surface area contributed by atoms with Gasteiger partial charge in [-0.3, -0.25) is 4.98 Å². The molecule has 1 aliphatic heterocycles. The number of hydrogen-bond donors (Lipinski definition) is 1. The number of piperidine rings is 1. The van der Waals surface area contributed by atoms with Gasteiger partial charge in [0.2, 0.25) is 10.0 Å². The molecule has 2 aromatic rings. The zero-order chi connectivity index (χ0) is 15.6. The summed E-state index contributed by atoms with van der Waals surface area (Å²) in [5.41, 5.74) is 0.812. The van der Waals surface area contributed by atoms with E-state index in [-0.39, 0.29) is 0 Å². The van der Waals surface area contributed by atoms with Gasteiger partial charge in [-0.25, -0.2) is 22.7 Å². The van der Waals surface area contributed by atoms with E-state index >= 15 is 0 Å². The molecule has 1 aliphatic rings. The highest BCUT2D eigenvalue weighted by atomic mass is 32.2. The lowest BCUT2D eigenvalue weighted by molar-refractivity contribution is 0.283. The molecule has 3 heterocycles. The van der Waals surface area contributed by atoms with Crippen LogP contribution in [0.3, 0.4) is 0 Å². The highest BCUT2D eigenvalue weighted by Crippen LogP contribution is 2.22. The van der Waals surface area contributed by atoms with Gasteiger partial charge >= 0.3 is 0 Å². The van der Waals surface area contributed by atoms with Gasteiger partial charge in [-0.1, -0.05) is 0 Å². The minimum absolute atomic E-state index is 0.449. The Labute approximate surface area is 129 Å². The molecule has 0 radical (unpaired) electrons. The van der Waals surface area contributed by atoms with Crippen LogP contribution in [0.5, 0.6) is 0 Å². The molecule has 0 unspecified atom stereocenters. The van der Waals surface area contributed by atoms with E-state index < -0.39 is 10.0 Å². The second-order valence-electron chi connectivity index (χ2n) is 5.60. The number of rotatable bonds is 4. The number of aromatic nitrogens is 3. The van der Waals surface area contributed by atoms with Crippen molar-refractivity contribution in [2.75, 3.05) is 31.2 Å². The topological polar surface area (TPSA) is 88.1 Å². The molecule has 0 amide bonds. The van der Waals surface area contributed by atoms with Gasteiger partial charge in [0.25, 0.3) is 0 Å². The first-order chi connectivity index (χ1) is 10.5. The van der Waals surface area contributed by atoms with Crippen LogP contribution in [0, 0.1) is 5.92 Å². The minimum Gasteiger partial charge on any atom is -0.369 e. The maximum Gasteiger partial charge on any atom is 0.211 e. The zero-order valence-electron chi connectivity index (χ0n) is 12.4. The molecule has 3 rings (SSSR count). The first-order valence-electron chi connectivity index (χ1n) is 7.28. The first-order valence-corrected chi connectivity index (χ1v) is 9.12. The number of pyridine rings is 1. The molecule has 1 N–H and O–H groups in total. The van der Waals surface area contributed by atoms with Gasteiger partial charge in [0.15, 0.2) is 0 Å². The molecular weight excluding hydrogens is 302 g/mol. The predicted molar refractivity (Wildman–Crippen MR) is 85.0 cm³/mol. The smallest absolute Gasteiger partial charge is 0.211 e. The molecule has 2 aromatic heterocycles. The lowest BCUT2D eigenvalue weighted by Gasteiger charge is -2.30. The van der Waals surface area contributed by atoms with Crippen molar-refractivity contribution in [3.8, 4) is 0 Å². The quantitative estimate of drug-likeness (QED) is 0.907. The van der Waals surface area contributed by atoms with E-state index in [1.54, 1.807) is 16.7 Å². The summed E-state index contributed by atoms with van der Waals surface area (Å²) in [4.78, 5) is 12.5. The Morgan fingerprint density at radius 3 is 2.82 bits per heavy atom. The van der Waals surface area contributed by atoms with Crippen LogP contribution in [-0.2, 0) is 10.0 Å². The number of hydrogen-bond acceptors (Lipinski definition) is 6. The average molecular weight is 321 g/mol. The molecule has 0 aromatic carbocycles. The van der Waals surface area contributed by atoms with Crippen LogP contribution in [0.1, 0.15) is 12.8 Å². The maximum absolute atomic E-state index is 11.5. The lowest BCUT2D eigenvalue weighted by Crippen LogP contribution is -2.39. The van der Waals surface area contributed by atoms with Crippen molar-refractivity contribution in [1.29, 1.82) is 0 Å². The molecule has 1 saturated heterocycles. The van der Waals surface area contributed by atoms with Crippen LogP contribution >= 0.6 is 0 Å². The summed E-state index contributed by atoms with van der Waals surface area (Å²) in [7, 11) is -3.06. The van der Waals surface area contributed by atoms with Crippen LogP contribution in [0.4, 0.5) is 5.82 Å². The second-order valence-corrected chi connectivity index (χ2v) is 7.58. The van der Waals surface area contributed by atoms with Gasteiger partial charge < -0.3 is 5.32 Å². The van der Waals surface area contributed by atoms with Crippen molar-refractivity contribution < 1.29 is 8.42 Å². The lowest BCUT2D eigenvalue weighted by atomic mass is 9.98. The van der Waals surface area contributed by atoms with Crippen LogP contribution in [0.2, 0.25) is 0 Å². The molecule has 0 spiro atoms. The highest BCUT2D eigenvalue weighted by Gasteiger charge is 2.24. The Morgan fingerprint density at radius 2 is 2.09 bits per heavy atom. The molecular formula is C14H19N5O2S. The van der Waals surface area contributed by atoms with Crippen molar-refractivity contribution in [2.24, 2.45) is 5.92 Å². The summed E-state index contributed by atoms with van der Waals surface area (Å²) < 4.78 is 24.6. The normalized spacial score (nSPS) is 17.7. The summed E-state index contributed by atoms with van der Waals surface area (Å²) in [5, 5.41) is 4.31. The van der Waals surface area contributed by atoms with Crippen LogP contribution < -0.4 is 5.32 Å². The van der Waals surface area contributed by atoms with E-state index in [1.165, 1.54) is 12.6 Å². The van der Waals surface area contributed by atoms with Crippen LogP contribution in [0.15, 0.2) is 24.8 Å². The molecule has 0 bridgehead atoms. The third-order valence-corrected chi connectivity index (χ3v) is 5.34. The van der Waals surface area contributed by atoms with Crippen LogP contribution in [-0.4, -0.2) is 53.6 Å².